The fraction of sp³-hybridized carbons (Fsp3) is 0.600. The second-order valence-corrected chi connectivity index (χ2v) is 7.73. The molecular formula is C20H24N2O6. The molecule has 0 aromatic heterocycles. The predicted molar refractivity (Wildman–Crippen MR) is 98.1 cm³/mol. The lowest BCUT2D eigenvalue weighted by Gasteiger charge is -2.37. The number of nitrogens with zero attached hydrogens (tertiary/aromatic N) is 1. The highest BCUT2D eigenvalue weighted by atomic mass is 16.7. The number of benzene rings is 1. The van der Waals surface area contributed by atoms with Crippen LogP contribution in [0.2, 0.25) is 0 Å². The number of ether oxygens (including phenoxy) is 4. The number of hydrogen-bond donors (Lipinski definition) is 1. The predicted octanol–water partition coefficient (Wildman–Crippen LogP) is 1.40. The third-order valence-corrected chi connectivity index (χ3v) is 5.90. The van der Waals surface area contributed by atoms with Crippen LogP contribution in [0.25, 0.3) is 0 Å². The molecular weight excluding hydrogens is 364 g/mol. The highest BCUT2D eigenvalue weighted by Crippen LogP contribution is 2.42. The standard InChI is InChI=1S/C20H24N2O6/c23-18(21-13-1-2-16-17(11-13)26-8-7-25-16)14-12-15(14)19(24)22-5-3-20(4-6-22)27-9-10-28-20/h1-2,11,14-15H,3-10,12H2,(H,21,23). The van der Waals surface area contributed by atoms with Crippen LogP contribution < -0.4 is 14.8 Å². The van der Waals surface area contributed by atoms with Crippen molar-refractivity contribution in [1.29, 1.82) is 0 Å². The Morgan fingerprint density at radius 3 is 2.43 bits per heavy atom. The Hall–Kier alpha value is -2.32. The lowest BCUT2D eigenvalue weighted by atomic mass is 10.0. The molecule has 1 spiro atoms. The van der Waals surface area contributed by atoms with Crippen LogP contribution in [0.4, 0.5) is 5.69 Å². The smallest absolute Gasteiger partial charge is 0.228 e. The van der Waals surface area contributed by atoms with Gasteiger partial charge in [-0.3, -0.25) is 9.59 Å². The van der Waals surface area contributed by atoms with E-state index in [1.807, 2.05) is 4.90 Å². The van der Waals surface area contributed by atoms with E-state index in [1.165, 1.54) is 0 Å². The number of fused-ring (bicyclic) bond motifs is 1. The van der Waals surface area contributed by atoms with Crippen molar-refractivity contribution in [2.24, 2.45) is 11.8 Å². The number of rotatable bonds is 3. The maximum absolute atomic E-state index is 12.8. The number of piperidine rings is 1. The van der Waals surface area contributed by atoms with Crippen molar-refractivity contribution in [1.82, 2.24) is 4.90 Å². The van der Waals surface area contributed by atoms with Crippen LogP contribution in [0.3, 0.4) is 0 Å². The Morgan fingerprint density at radius 2 is 1.68 bits per heavy atom. The Morgan fingerprint density at radius 1 is 0.964 bits per heavy atom. The van der Waals surface area contributed by atoms with Crippen molar-refractivity contribution in [2.75, 3.05) is 44.8 Å². The number of nitrogens with one attached hydrogen (secondary N) is 1. The molecule has 3 fully saturated rings. The summed E-state index contributed by atoms with van der Waals surface area (Å²) in [6.07, 6.45) is 1.99. The second-order valence-electron chi connectivity index (χ2n) is 7.73. The zero-order valence-corrected chi connectivity index (χ0v) is 15.6. The number of amides is 2. The molecule has 2 amide bonds. The van der Waals surface area contributed by atoms with Gasteiger partial charge in [-0.25, -0.2) is 0 Å². The number of hydrogen-bond acceptors (Lipinski definition) is 6. The topological polar surface area (TPSA) is 86.3 Å². The highest BCUT2D eigenvalue weighted by molar-refractivity contribution is 5.99. The normalized spacial score (nSPS) is 27.5. The molecule has 1 aliphatic carbocycles. The molecule has 8 heteroatoms. The molecule has 0 radical (unpaired) electrons. The zero-order valence-electron chi connectivity index (χ0n) is 15.6. The molecule has 5 rings (SSSR count). The largest absolute Gasteiger partial charge is 0.486 e. The molecule has 2 atom stereocenters. The van der Waals surface area contributed by atoms with E-state index in [9.17, 15) is 9.59 Å². The minimum Gasteiger partial charge on any atom is -0.486 e. The summed E-state index contributed by atoms with van der Waals surface area (Å²) in [4.78, 5) is 27.1. The molecule has 1 aromatic rings. The van der Waals surface area contributed by atoms with Crippen LogP contribution in [-0.2, 0) is 19.1 Å². The fourth-order valence-corrected chi connectivity index (χ4v) is 4.20. The van der Waals surface area contributed by atoms with E-state index in [2.05, 4.69) is 5.32 Å². The van der Waals surface area contributed by atoms with Crippen molar-refractivity contribution in [3.05, 3.63) is 18.2 Å². The van der Waals surface area contributed by atoms with Gasteiger partial charge in [0.25, 0.3) is 0 Å². The molecule has 8 nitrogen and oxygen atoms in total. The molecule has 150 valence electrons. The average molecular weight is 388 g/mol. The van der Waals surface area contributed by atoms with Gasteiger partial charge >= 0.3 is 0 Å². The van der Waals surface area contributed by atoms with Crippen LogP contribution in [0.15, 0.2) is 18.2 Å². The van der Waals surface area contributed by atoms with E-state index in [0.29, 0.717) is 76.0 Å². The van der Waals surface area contributed by atoms with Crippen LogP contribution in [0.5, 0.6) is 11.5 Å². The monoisotopic (exact) mass is 388 g/mol. The van der Waals surface area contributed by atoms with Crippen molar-refractivity contribution in [3.8, 4) is 11.5 Å². The van der Waals surface area contributed by atoms with E-state index in [4.69, 9.17) is 18.9 Å². The van der Waals surface area contributed by atoms with Gasteiger partial charge in [-0.05, 0) is 18.6 Å². The minimum atomic E-state index is -0.491. The van der Waals surface area contributed by atoms with Gasteiger partial charge in [0.2, 0.25) is 11.8 Å². The summed E-state index contributed by atoms with van der Waals surface area (Å²) in [6, 6.07) is 5.34. The van der Waals surface area contributed by atoms with Gasteiger partial charge in [0.1, 0.15) is 13.2 Å². The van der Waals surface area contributed by atoms with Crippen LogP contribution in [-0.4, -0.2) is 62.0 Å². The first kappa shape index (κ1) is 17.8. The zero-order chi connectivity index (χ0) is 19.1. The first-order valence-corrected chi connectivity index (χ1v) is 9.91. The molecule has 1 aromatic carbocycles. The Bertz CT molecular complexity index is 781. The molecule has 3 heterocycles. The van der Waals surface area contributed by atoms with Crippen molar-refractivity contribution < 1.29 is 28.5 Å². The maximum atomic E-state index is 12.8. The molecule has 0 bridgehead atoms. The summed E-state index contributed by atoms with van der Waals surface area (Å²) < 4.78 is 22.4. The third kappa shape index (κ3) is 3.31. The van der Waals surface area contributed by atoms with Crippen LogP contribution in [0.1, 0.15) is 19.3 Å². The maximum Gasteiger partial charge on any atom is 0.228 e. The second kappa shape index (κ2) is 6.93. The number of anilines is 1. The third-order valence-electron chi connectivity index (χ3n) is 5.90. The Kier molecular flexibility index (Phi) is 4.40. The molecule has 28 heavy (non-hydrogen) atoms. The van der Waals surface area contributed by atoms with Gasteiger partial charge in [-0.15, -0.1) is 0 Å². The number of likely N-dealkylation sites (tertiary alicyclic amines) is 1. The summed E-state index contributed by atoms with van der Waals surface area (Å²) >= 11 is 0. The van der Waals surface area contributed by atoms with Gasteiger partial charge in [-0.1, -0.05) is 0 Å². The molecule has 1 N–H and O–H groups in total. The lowest BCUT2D eigenvalue weighted by Crippen LogP contribution is -2.48. The quantitative estimate of drug-likeness (QED) is 0.842. The van der Waals surface area contributed by atoms with E-state index < -0.39 is 5.79 Å². The molecule has 2 saturated heterocycles. The van der Waals surface area contributed by atoms with Crippen molar-refractivity contribution in [2.45, 2.75) is 25.0 Å². The van der Waals surface area contributed by atoms with E-state index in [0.717, 1.165) is 0 Å². The lowest BCUT2D eigenvalue weighted by molar-refractivity contribution is -0.187. The fourth-order valence-electron chi connectivity index (χ4n) is 4.20. The number of carbonyl (C=O) groups excluding carboxylic acids is 2. The first-order valence-electron chi connectivity index (χ1n) is 9.91. The van der Waals surface area contributed by atoms with Gasteiger partial charge in [0, 0.05) is 37.7 Å². The SMILES string of the molecule is O=C(Nc1ccc2c(c1)OCCO2)C1CC1C(=O)N1CCC2(CC1)OCCO2. The van der Waals surface area contributed by atoms with E-state index in [1.54, 1.807) is 18.2 Å². The molecule has 1 saturated carbocycles. The first-order chi connectivity index (χ1) is 13.6. The Balaban J connectivity index is 1.15. The molecule has 2 unspecified atom stereocenters. The minimum absolute atomic E-state index is 0.0650. The molecule has 4 aliphatic rings. The van der Waals surface area contributed by atoms with Crippen molar-refractivity contribution in [3.63, 3.8) is 0 Å². The summed E-state index contributed by atoms with van der Waals surface area (Å²) in [7, 11) is 0. The van der Waals surface area contributed by atoms with Gasteiger partial charge in [0.05, 0.1) is 25.0 Å². The highest BCUT2D eigenvalue weighted by Gasteiger charge is 2.51. The summed E-state index contributed by atoms with van der Waals surface area (Å²) in [6.45, 7) is 3.51. The summed E-state index contributed by atoms with van der Waals surface area (Å²) in [5.41, 5.74) is 0.655. The van der Waals surface area contributed by atoms with Gasteiger partial charge in [0.15, 0.2) is 17.3 Å². The van der Waals surface area contributed by atoms with Crippen molar-refractivity contribution >= 4 is 17.5 Å². The number of carbonyl (C=O) groups is 2. The van der Waals surface area contributed by atoms with E-state index >= 15 is 0 Å². The van der Waals surface area contributed by atoms with Gasteiger partial charge in [-0.2, -0.15) is 0 Å². The van der Waals surface area contributed by atoms with Gasteiger partial charge < -0.3 is 29.2 Å². The van der Waals surface area contributed by atoms with Crippen LogP contribution >= 0.6 is 0 Å². The summed E-state index contributed by atoms with van der Waals surface area (Å²) in [5, 5.41) is 2.90. The van der Waals surface area contributed by atoms with Crippen LogP contribution in [0, 0.1) is 11.8 Å². The Labute approximate surface area is 163 Å². The average Bonchev–Trinajstić information content (AvgIpc) is 3.41. The summed E-state index contributed by atoms with van der Waals surface area (Å²) in [5.74, 6) is 0.274. The van der Waals surface area contributed by atoms with E-state index in [-0.39, 0.29) is 23.7 Å². The molecule has 3 aliphatic heterocycles.